The first-order valence-corrected chi connectivity index (χ1v) is 7.39. The second-order valence-electron chi connectivity index (χ2n) is 5.88. The molecule has 1 N–H and O–H groups in total. The van der Waals surface area contributed by atoms with Crippen molar-refractivity contribution in [3.8, 4) is 0 Å². The summed E-state index contributed by atoms with van der Waals surface area (Å²) < 4.78 is 4.61. The van der Waals surface area contributed by atoms with E-state index in [1.807, 2.05) is 12.2 Å². The lowest BCUT2D eigenvalue weighted by Gasteiger charge is -2.27. The molecule has 4 unspecified atom stereocenters. The molecule has 4 atom stereocenters. The number of benzene rings is 1. The number of carboxylic acid groups (broad SMARTS) is 1. The Hall–Kier alpha value is -2.63. The van der Waals surface area contributed by atoms with Crippen LogP contribution in [0.4, 0.5) is 5.69 Å². The number of allylic oxidation sites excluding steroid dienone is 2. The molecular formula is C17H16NO5-. The van der Waals surface area contributed by atoms with Gasteiger partial charge in [-0.15, -0.1) is 0 Å². The first-order chi connectivity index (χ1) is 11.0. The fourth-order valence-corrected chi connectivity index (χ4v) is 3.53. The number of anilines is 1. The maximum atomic E-state index is 12.5. The zero-order chi connectivity index (χ0) is 16.6. The lowest BCUT2D eigenvalue weighted by Crippen LogP contribution is -2.42. The summed E-state index contributed by atoms with van der Waals surface area (Å²) in [5, 5.41) is 14.1. The number of hydrogen-bond donors (Lipinski definition) is 1. The molecular weight excluding hydrogens is 298 g/mol. The minimum atomic E-state index is -1.18. The van der Waals surface area contributed by atoms with Gasteiger partial charge in [0.1, 0.15) is 0 Å². The number of carbonyl (C=O) groups excluding carboxylic acids is 3. The van der Waals surface area contributed by atoms with Gasteiger partial charge in [-0.25, -0.2) is 4.79 Å². The number of carboxylic acids is 1. The molecule has 0 spiro atoms. The SMILES string of the molecule is COC(=O)c1ccc(NC(=O)C2C3C=CC(C3)C2C(=O)[O-])cc1. The van der Waals surface area contributed by atoms with Crippen LogP contribution in [-0.2, 0) is 14.3 Å². The van der Waals surface area contributed by atoms with Crippen molar-refractivity contribution in [1.82, 2.24) is 0 Å². The van der Waals surface area contributed by atoms with Crippen LogP contribution in [0.15, 0.2) is 36.4 Å². The number of aliphatic carboxylic acids is 1. The second-order valence-corrected chi connectivity index (χ2v) is 5.88. The Kier molecular flexibility index (Phi) is 3.90. The molecule has 0 saturated heterocycles. The van der Waals surface area contributed by atoms with Crippen LogP contribution in [0.25, 0.3) is 0 Å². The van der Waals surface area contributed by atoms with Crippen molar-refractivity contribution in [2.75, 3.05) is 12.4 Å². The van der Waals surface area contributed by atoms with E-state index in [1.54, 1.807) is 24.3 Å². The number of nitrogens with one attached hydrogen (secondary N) is 1. The molecule has 0 aliphatic heterocycles. The minimum Gasteiger partial charge on any atom is -0.550 e. The van der Waals surface area contributed by atoms with E-state index < -0.39 is 23.8 Å². The summed E-state index contributed by atoms with van der Waals surface area (Å²) in [6.07, 6.45) is 4.45. The van der Waals surface area contributed by atoms with Crippen molar-refractivity contribution in [2.24, 2.45) is 23.7 Å². The van der Waals surface area contributed by atoms with Crippen molar-refractivity contribution < 1.29 is 24.2 Å². The van der Waals surface area contributed by atoms with Gasteiger partial charge in [0.25, 0.3) is 0 Å². The molecule has 6 nitrogen and oxygen atoms in total. The Balaban J connectivity index is 1.73. The zero-order valence-electron chi connectivity index (χ0n) is 12.5. The van der Waals surface area contributed by atoms with Crippen LogP contribution in [0, 0.1) is 23.7 Å². The van der Waals surface area contributed by atoms with Crippen LogP contribution in [0.2, 0.25) is 0 Å². The fraction of sp³-hybridized carbons (Fsp3) is 0.353. The summed E-state index contributed by atoms with van der Waals surface area (Å²) in [6.45, 7) is 0. The zero-order valence-corrected chi connectivity index (χ0v) is 12.5. The molecule has 2 bridgehead atoms. The highest BCUT2D eigenvalue weighted by atomic mass is 16.5. The van der Waals surface area contributed by atoms with Crippen molar-refractivity contribution in [1.29, 1.82) is 0 Å². The van der Waals surface area contributed by atoms with Gasteiger partial charge < -0.3 is 20.0 Å². The average molecular weight is 314 g/mol. The topological polar surface area (TPSA) is 95.5 Å². The number of rotatable bonds is 4. The summed E-state index contributed by atoms with van der Waals surface area (Å²) in [7, 11) is 1.29. The van der Waals surface area contributed by atoms with E-state index in [4.69, 9.17) is 0 Å². The van der Waals surface area contributed by atoms with E-state index in [9.17, 15) is 19.5 Å². The highest BCUT2D eigenvalue weighted by Gasteiger charge is 2.48. The molecule has 0 aromatic heterocycles. The van der Waals surface area contributed by atoms with Crippen LogP contribution in [0.1, 0.15) is 16.8 Å². The van der Waals surface area contributed by atoms with Gasteiger partial charge in [0, 0.05) is 17.6 Å². The Labute approximate surface area is 133 Å². The molecule has 0 heterocycles. The lowest BCUT2D eigenvalue weighted by atomic mass is 9.82. The molecule has 2 aliphatic carbocycles. The summed E-state index contributed by atoms with van der Waals surface area (Å²) in [6, 6.07) is 6.25. The van der Waals surface area contributed by atoms with Gasteiger partial charge in [-0.1, -0.05) is 12.2 Å². The Bertz CT molecular complexity index is 679. The van der Waals surface area contributed by atoms with E-state index in [2.05, 4.69) is 10.1 Å². The number of carbonyl (C=O) groups is 3. The van der Waals surface area contributed by atoms with E-state index in [1.165, 1.54) is 7.11 Å². The van der Waals surface area contributed by atoms with Gasteiger partial charge in [-0.2, -0.15) is 0 Å². The maximum Gasteiger partial charge on any atom is 0.337 e. The largest absolute Gasteiger partial charge is 0.550 e. The van der Waals surface area contributed by atoms with Crippen molar-refractivity contribution in [2.45, 2.75) is 6.42 Å². The normalized spacial score (nSPS) is 27.7. The van der Waals surface area contributed by atoms with E-state index in [0.717, 1.165) is 0 Å². The molecule has 1 aromatic carbocycles. The minimum absolute atomic E-state index is 0.0581. The first-order valence-electron chi connectivity index (χ1n) is 7.39. The number of esters is 1. The lowest BCUT2D eigenvalue weighted by molar-refractivity contribution is -0.313. The first kappa shape index (κ1) is 15.3. The summed E-state index contributed by atoms with van der Waals surface area (Å²) in [5.74, 6) is -3.54. The average Bonchev–Trinajstić information content (AvgIpc) is 3.15. The molecule has 120 valence electrons. The third-order valence-electron chi connectivity index (χ3n) is 4.61. The highest BCUT2D eigenvalue weighted by Crippen LogP contribution is 2.48. The molecule has 1 amide bonds. The molecule has 1 fully saturated rings. The number of hydrogen-bond acceptors (Lipinski definition) is 5. The third kappa shape index (κ3) is 2.72. The van der Waals surface area contributed by atoms with Crippen LogP contribution in [0.3, 0.4) is 0 Å². The summed E-state index contributed by atoms with van der Waals surface area (Å²) >= 11 is 0. The van der Waals surface area contributed by atoms with Crippen molar-refractivity contribution >= 4 is 23.5 Å². The van der Waals surface area contributed by atoms with E-state index in [0.29, 0.717) is 17.7 Å². The smallest absolute Gasteiger partial charge is 0.337 e. The van der Waals surface area contributed by atoms with Gasteiger partial charge in [0.05, 0.1) is 18.6 Å². The van der Waals surface area contributed by atoms with Crippen LogP contribution in [-0.4, -0.2) is 25.0 Å². The monoisotopic (exact) mass is 314 g/mol. The predicted octanol–water partition coefficient (Wildman–Crippen LogP) is 0.600. The van der Waals surface area contributed by atoms with Gasteiger partial charge in [-0.05, 0) is 42.5 Å². The van der Waals surface area contributed by atoms with Crippen LogP contribution in [0.5, 0.6) is 0 Å². The Morgan fingerprint density at radius 2 is 1.70 bits per heavy atom. The molecule has 23 heavy (non-hydrogen) atoms. The standard InChI is InChI=1S/C17H17NO5/c1-23-17(22)9-4-6-12(7-5-9)18-15(19)13-10-2-3-11(8-10)14(13)16(20)21/h2-7,10-11,13-14H,8H2,1H3,(H,18,19)(H,20,21)/p-1. The second kappa shape index (κ2) is 5.87. The number of ether oxygens (including phenoxy) is 1. The van der Waals surface area contributed by atoms with Gasteiger partial charge in [0.2, 0.25) is 5.91 Å². The van der Waals surface area contributed by atoms with Gasteiger partial charge >= 0.3 is 5.97 Å². The number of methoxy groups -OCH3 is 1. The van der Waals surface area contributed by atoms with E-state index in [-0.39, 0.29) is 17.7 Å². The number of amides is 1. The third-order valence-corrected chi connectivity index (χ3v) is 4.61. The van der Waals surface area contributed by atoms with Gasteiger partial charge in [0.15, 0.2) is 0 Å². The van der Waals surface area contributed by atoms with Gasteiger partial charge in [-0.3, -0.25) is 4.79 Å². The van der Waals surface area contributed by atoms with Crippen molar-refractivity contribution in [3.05, 3.63) is 42.0 Å². The Morgan fingerprint density at radius 3 is 2.26 bits per heavy atom. The molecule has 0 radical (unpaired) electrons. The fourth-order valence-electron chi connectivity index (χ4n) is 3.53. The molecule has 1 aromatic rings. The molecule has 6 heteroatoms. The predicted molar refractivity (Wildman–Crippen MR) is 79.1 cm³/mol. The maximum absolute atomic E-state index is 12.5. The summed E-state index contributed by atoms with van der Waals surface area (Å²) in [5.41, 5.74) is 0.882. The molecule has 3 rings (SSSR count). The highest BCUT2D eigenvalue weighted by molar-refractivity contribution is 5.97. The molecule has 1 saturated carbocycles. The quantitative estimate of drug-likeness (QED) is 0.648. The Morgan fingerprint density at radius 1 is 1.09 bits per heavy atom. The van der Waals surface area contributed by atoms with E-state index >= 15 is 0 Å². The summed E-state index contributed by atoms with van der Waals surface area (Å²) in [4.78, 5) is 35.2. The van der Waals surface area contributed by atoms with Crippen LogP contribution >= 0.6 is 0 Å². The van der Waals surface area contributed by atoms with Crippen molar-refractivity contribution in [3.63, 3.8) is 0 Å². The molecule has 2 aliphatic rings. The van der Waals surface area contributed by atoms with Crippen LogP contribution < -0.4 is 10.4 Å². The number of fused-ring (bicyclic) bond motifs is 2.